The van der Waals surface area contributed by atoms with Crippen molar-refractivity contribution in [3.63, 3.8) is 0 Å². The van der Waals surface area contributed by atoms with Crippen LogP contribution in [-0.2, 0) is 16.0 Å². The maximum Gasteiger partial charge on any atom is 0.275 e. The van der Waals surface area contributed by atoms with Gasteiger partial charge < -0.3 is 24.6 Å². The second-order valence-corrected chi connectivity index (χ2v) is 8.23. The molecule has 2 heterocycles. The summed E-state index contributed by atoms with van der Waals surface area (Å²) in [6.07, 6.45) is 0.844. The molecular formula is C21H28N3O4S+. The van der Waals surface area contributed by atoms with Gasteiger partial charge in [-0.1, -0.05) is 6.07 Å². The average Bonchev–Trinajstić information content (AvgIpc) is 3.24. The Morgan fingerprint density at radius 2 is 1.97 bits per heavy atom. The van der Waals surface area contributed by atoms with E-state index in [9.17, 15) is 9.59 Å². The fourth-order valence-corrected chi connectivity index (χ4v) is 4.58. The first kappa shape index (κ1) is 21.1. The molecule has 0 fully saturated rings. The molecule has 8 heteroatoms. The zero-order chi connectivity index (χ0) is 21.0. The Labute approximate surface area is 175 Å². The molecule has 0 radical (unpaired) electrons. The molecule has 0 aliphatic carbocycles. The topological polar surface area (TPSA) is 72.3 Å². The molecule has 1 aliphatic rings. The van der Waals surface area contributed by atoms with Crippen LogP contribution in [0.25, 0.3) is 0 Å². The molecule has 1 aromatic carbocycles. The number of nitrogens with one attached hydrogen (secondary N) is 2. The van der Waals surface area contributed by atoms with Crippen LogP contribution in [0.5, 0.6) is 11.5 Å². The van der Waals surface area contributed by atoms with Crippen LogP contribution < -0.4 is 19.7 Å². The number of quaternary nitrogens is 1. The van der Waals surface area contributed by atoms with E-state index < -0.39 is 0 Å². The van der Waals surface area contributed by atoms with Gasteiger partial charge in [-0.2, -0.15) is 0 Å². The van der Waals surface area contributed by atoms with E-state index in [1.807, 2.05) is 18.2 Å². The summed E-state index contributed by atoms with van der Waals surface area (Å²) in [7, 11) is 6.62. The molecule has 0 saturated carbocycles. The van der Waals surface area contributed by atoms with Gasteiger partial charge in [0.05, 0.1) is 32.2 Å². The predicted octanol–water partition coefficient (Wildman–Crippen LogP) is 0.500. The number of carbonyl (C=O) groups excluding carboxylic acids is 2. The van der Waals surface area contributed by atoms with Crippen molar-refractivity contribution in [1.82, 2.24) is 10.2 Å². The third-order valence-electron chi connectivity index (χ3n) is 5.23. The van der Waals surface area contributed by atoms with Crippen molar-refractivity contribution in [2.75, 3.05) is 47.9 Å². The van der Waals surface area contributed by atoms with Gasteiger partial charge in [-0.25, -0.2) is 0 Å². The first-order chi connectivity index (χ1) is 13.9. The van der Waals surface area contributed by atoms with Crippen molar-refractivity contribution in [1.29, 1.82) is 0 Å². The Morgan fingerprint density at radius 3 is 2.59 bits per heavy atom. The number of likely N-dealkylation sites (N-methyl/N-ethyl adjacent to an activating group) is 1. The SMILES string of the molecule is COc1cc2c(cc1OC)[C@H](c1cccs1)[NH+](CC(=O)NCC(=O)N(C)C)CC2. The van der Waals surface area contributed by atoms with E-state index in [1.165, 1.54) is 15.3 Å². The smallest absolute Gasteiger partial charge is 0.275 e. The number of benzene rings is 1. The highest BCUT2D eigenvalue weighted by Gasteiger charge is 2.35. The molecule has 1 aromatic heterocycles. The average molecular weight is 419 g/mol. The molecule has 2 N–H and O–H groups in total. The van der Waals surface area contributed by atoms with Crippen LogP contribution in [0.1, 0.15) is 22.0 Å². The third kappa shape index (κ3) is 4.71. The van der Waals surface area contributed by atoms with Crippen molar-refractivity contribution >= 4 is 23.2 Å². The van der Waals surface area contributed by atoms with E-state index in [4.69, 9.17) is 9.47 Å². The molecule has 3 rings (SSSR count). The first-order valence-electron chi connectivity index (χ1n) is 9.54. The highest BCUT2D eigenvalue weighted by Crippen LogP contribution is 2.36. The molecule has 156 valence electrons. The van der Waals surface area contributed by atoms with Crippen molar-refractivity contribution in [2.24, 2.45) is 0 Å². The molecular weight excluding hydrogens is 390 g/mol. The Morgan fingerprint density at radius 1 is 1.24 bits per heavy atom. The fourth-order valence-electron chi connectivity index (χ4n) is 3.68. The maximum atomic E-state index is 12.5. The Kier molecular flexibility index (Phi) is 6.76. The summed E-state index contributed by atoms with van der Waals surface area (Å²) in [5.41, 5.74) is 2.37. The Bertz CT molecular complexity index is 867. The van der Waals surface area contributed by atoms with E-state index in [2.05, 4.69) is 16.8 Å². The highest BCUT2D eigenvalue weighted by atomic mass is 32.1. The summed E-state index contributed by atoms with van der Waals surface area (Å²) >= 11 is 1.68. The van der Waals surface area contributed by atoms with Gasteiger partial charge in [-0.15, -0.1) is 11.3 Å². The van der Waals surface area contributed by atoms with Crippen molar-refractivity contribution in [3.05, 3.63) is 45.6 Å². The molecule has 29 heavy (non-hydrogen) atoms. The molecule has 0 saturated heterocycles. The third-order valence-corrected chi connectivity index (χ3v) is 6.17. The van der Waals surface area contributed by atoms with E-state index in [-0.39, 0.29) is 24.4 Å². The van der Waals surface area contributed by atoms with Crippen LogP contribution in [0.3, 0.4) is 0 Å². The lowest BCUT2D eigenvalue weighted by Gasteiger charge is -2.34. The Hall–Kier alpha value is -2.58. The van der Waals surface area contributed by atoms with Gasteiger partial charge in [-0.05, 0) is 29.1 Å². The number of rotatable bonds is 7. The van der Waals surface area contributed by atoms with Gasteiger partial charge in [0.15, 0.2) is 18.0 Å². The largest absolute Gasteiger partial charge is 0.493 e. The molecule has 2 atom stereocenters. The lowest BCUT2D eigenvalue weighted by molar-refractivity contribution is -0.919. The fraction of sp³-hybridized carbons (Fsp3) is 0.429. The normalized spacial score (nSPS) is 17.9. The van der Waals surface area contributed by atoms with Gasteiger partial charge in [0, 0.05) is 26.1 Å². The van der Waals surface area contributed by atoms with Gasteiger partial charge in [-0.3, -0.25) is 9.59 Å². The summed E-state index contributed by atoms with van der Waals surface area (Å²) in [6, 6.07) is 8.25. The summed E-state index contributed by atoms with van der Waals surface area (Å²) in [4.78, 5) is 28.1. The molecule has 1 aliphatic heterocycles. The van der Waals surface area contributed by atoms with Crippen molar-refractivity contribution in [3.8, 4) is 11.5 Å². The number of thiophene rings is 1. The van der Waals surface area contributed by atoms with E-state index in [0.717, 1.165) is 29.2 Å². The van der Waals surface area contributed by atoms with Crippen LogP contribution in [-0.4, -0.2) is 64.7 Å². The summed E-state index contributed by atoms with van der Waals surface area (Å²) in [5.74, 6) is 1.17. The molecule has 2 amide bonds. The van der Waals surface area contributed by atoms with E-state index in [0.29, 0.717) is 12.3 Å². The number of amides is 2. The number of hydrogen-bond acceptors (Lipinski definition) is 5. The van der Waals surface area contributed by atoms with Crippen LogP contribution in [0.2, 0.25) is 0 Å². The quantitative estimate of drug-likeness (QED) is 0.687. The second kappa shape index (κ2) is 9.28. The van der Waals surface area contributed by atoms with Gasteiger partial charge in [0.2, 0.25) is 5.91 Å². The maximum absolute atomic E-state index is 12.5. The van der Waals surface area contributed by atoms with E-state index >= 15 is 0 Å². The van der Waals surface area contributed by atoms with Crippen LogP contribution in [0.15, 0.2) is 29.6 Å². The standard InChI is InChI=1S/C21H27N3O4S/c1-23(2)20(26)12-22-19(25)13-24-8-7-14-10-16(27-3)17(28-4)11-15(14)21(24)18-6-5-9-29-18/h5-6,9-11,21H,7-8,12-13H2,1-4H3,(H,22,25)/p+1/t21-/m1/s1. The molecule has 7 nitrogen and oxygen atoms in total. The minimum atomic E-state index is -0.124. The van der Waals surface area contributed by atoms with E-state index in [1.54, 1.807) is 39.7 Å². The zero-order valence-electron chi connectivity index (χ0n) is 17.3. The first-order valence-corrected chi connectivity index (χ1v) is 10.4. The van der Waals surface area contributed by atoms with Gasteiger partial charge >= 0.3 is 0 Å². The highest BCUT2D eigenvalue weighted by molar-refractivity contribution is 7.10. The molecule has 2 aromatic rings. The zero-order valence-corrected chi connectivity index (χ0v) is 18.1. The number of fused-ring (bicyclic) bond motifs is 1. The number of hydrogen-bond donors (Lipinski definition) is 2. The molecule has 0 spiro atoms. The number of nitrogens with zero attached hydrogens (tertiary/aromatic N) is 1. The number of ether oxygens (including phenoxy) is 2. The molecule has 0 bridgehead atoms. The van der Waals surface area contributed by atoms with Crippen molar-refractivity contribution in [2.45, 2.75) is 12.5 Å². The summed E-state index contributed by atoms with van der Waals surface area (Å²) in [6.45, 7) is 1.14. The van der Waals surface area contributed by atoms with Gasteiger partial charge in [0.1, 0.15) is 6.04 Å². The minimum absolute atomic E-state index is 0.0182. The number of methoxy groups -OCH3 is 2. The minimum Gasteiger partial charge on any atom is -0.493 e. The Balaban J connectivity index is 1.86. The lowest BCUT2D eigenvalue weighted by atomic mass is 9.91. The van der Waals surface area contributed by atoms with Crippen LogP contribution >= 0.6 is 11.3 Å². The summed E-state index contributed by atoms with van der Waals surface area (Å²) in [5, 5.41) is 4.80. The predicted molar refractivity (Wildman–Crippen MR) is 112 cm³/mol. The van der Waals surface area contributed by atoms with Crippen LogP contribution in [0, 0.1) is 0 Å². The van der Waals surface area contributed by atoms with Gasteiger partial charge in [0.25, 0.3) is 5.91 Å². The monoisotopic (exact) mass is 418 g/mol. The molecule has 1 unspecified atom stereocenters. The summed E-state index contributed by atoms with van der Waals surface area (Å²) < 4.78 is 11.0. The van der Waals surface area contributed by atoms with Crippen LogP contribution in [0.4, 0.5) is 0 Å². The lowest BCUT2D eigenvalue weighted by Crippen LogP contribution is -3.14. The second-order valence-electron chi connectivity index (χ2n) is 7.25. The number of carbonyl (C=O) groups is 2. The van der Waals surface area contributed by atoms with Crippen molar-refractivity contribution < 1.29 is 24.0 Å².